The molecule has 35 heavy (non-hydrogen) atoms. The van der Waals surface area contributed by atoms with Crippen molar-refractivity contribution in [3.05, 3.63) is 46.1 Å². The number of nitrogens with one attached hydrogen (secondary N) is 1. The van der Waals surface area contributed by atoms with E-state index in [-0.39, 0.29) is 29.4 Å². The molecule has 184 valence electrons. The van der Waals surface area contributed by atoms with E-state index in [1.54, 1.807) is 40.3 Å². The second-order valence-corrected chi connectivity index (χ2v) is 9.47. The van der Waals surface area contributed by atoms with Gasteiger partial charge in [-0.3, -0.25) is 9.59 Å². The Morgan fingerprint density at radius 3 is 2.66 bits per heavy atom. The number of anilines is 1. The molecule has 4 rings (SSSR count). The third-order valence-corrected chi connectivity index (χ3v) is 6.96. The van der Waals surface area contributed by atoms with E-state index in [1.807, 2.05) is 12.1 Å². The summed E-state index contributed by atoms with van der Waals surface area (Å²) in [6.07, 6.45) is -0.363. The topological polar surface area (TPSA) is 122 Å². The predicted octanol–water partition coefficient (Wildman–Crippen LogP) is 2.89. The Kier molecular flexibility index (Phi) is 8.03. The normalized spacial score (nSPS) is 13.6. The average Bonchev–Trinajstić information content (AvgIpc) is 3.31. The molecule has 1 aliphatic rings. The van der Waals surface area contributed by atoms with Crippen molar-refractivity contribution >= 4 is 57.1 Å². The van der Waals surface area contributed by atoms with Crippen LogP contribution in [-0.4, -0.2) is 77.0 Å². The summed E-state index contributed by atoms with van der Waals surface area (Å²) in [6, 6.07) is 8.92. The molecule has 1 aliphatic heterocycles. The van der Waals surface area contributed by atoms with Crippen LogP contribution in [0.2, 0.25) is 0 Å². The van der Waals surface area contributed by atoms with Gasteiger partial charge in [-0.15, -0.1) is 23.1 Å². The molecule has 1 fully saturated rings. The van der Waals surface area contributed by atoms with E-state index in [0.717, 1.165) is 5.39 Å². The van der Waals surface area contributed by atoms with Crippen molar-refractivity contribution in [1.82, 2.24) is 14.8 Å². The molecule has 10 nitrogen and oxygen atoms in total. The molecule has 1 N–H and O–H groups in total. The lowest BCUT2D eigenvalue weighted by molar-refractivity contribution is -0.129. The molecular formula is C23H24N4O6S2. The lowest BCUT2D eigenvalue weighted by atomic mass is 10.1. The summed E-state index contributed by atoms with van der Waals surface area (Å²) in [5.74, 6) is -0.123. The predicted molar refractivity (Wildman–Crippen MR) is 135 cm³/mol. The van der Waals surface area contributed by atoms with Crippen LogP contribution < -0.4 is 10.9 Å². The highest BCUT2D eigenvalue weighted by molar-refractivity contribution is 8.00. The summed E-state index contributed by atoms with van der Waals surface area (Å²) in [5.41, 5.74) is 0.750. The fourth-order valence-corrected chi connectivity index (χ4v) is 4.97. The fourth-order valence-electron chi connectivity index (χ4n) is 3.53. The molecule has 0 bridgehead atoms. The molecule has 0 aliphatic carbocycles. The molecule has 12 heteroatoms. The molecule has 1 aromatic carbocycles. The number of amides is 3. The second-order valence-electron chi connectivity index (χ2n) is 7.63. The molecule has 0 unspecified atom stereocenters. The molecular weight excluding hydrogens is 492 g/mol. The van der Waals surface area contributed by atoms with Crippen molar-refractivity contribution in [2.24, 2.45) is 0 Å². The number of hydrogen-bond donors (Lipinski definition) is 1. The molecule has 2 aromatic heterocycles. The Bertz CT molecular complexity index is 1280. The first-order valence-electron chi connectivity index (χ1n) is 11.0. The number of carbonyl (C=O) groups is 3. The molecule has 0 saturated carbocycles. The van der Waals surface area contributed by atoms with Gasteiger partial charge < -0.3 is 24.3 Å². The van der Waals surface area contributed by atoms with Crippen molar-refractivity contribution in [3.63, 3.8) is 0 Å². The first-order chi connectivity index (χ1) is 16.9. The Morgan fingerprint density at radius 1 is 1.14 bits per heavy atom. The molecule has 0 spiro atoms. The van der Waals surface area contributed by atoms with Crippen molar-refractivity contribution < 1.29 is 23.5 Å². The first kappa shape index (κ1) is 24.7. The highest BCUT2D eigenvalue weighted by atomic mass is 32.2. The maximum absolute atomic E-state index is 12.4. The van der Waals surface area contributed by atoms with E-state index >= 15 is 0 Å². The zero-order valence-electron chi connectivity index (χ0n) is 19.0. The van der Waals surface area contributed by atoms with Gasteiger partial charge >= 0.3 is 11.7 Å². The van der Waals surface area contributed by atoms with Crippen molar-refractivity contribution in [2.75, 3.05) is 49.6 Å². The summed E-state index contributed by atoms with van der Waals surface area (Å²) in [4.78, 5) is 56.4. The van der Waals surface area contributed by atoms with Crippen LogP contribution in [0.1, 0.15) is 6.92 Å². The minimum Gasteiger partial charge on any atom is -0.450 e. The van der Waals surface area contributed by atoms with E-state index in [9.17, 15) is 19.2 Å². The van der Waals surface area contributed by atoms with Crippen LogP contribution >= 0.6 is 23.1 Å². The molecule has 3 amide bonds. The van der Waals surface area contributed by atoms with Crippen LogP contribution in [0.3, 0.4) is 0 Å². The summed E-state index contributed by atoms with van der Waals surface area (Å²) < 4.78 is 10.3. The molecule has 0 radical (unpaired) electrons. The van der Waals surface area contributed by atoms with Gasteiger partial charge in [0.05, 0.1) is 29.4 Å². The molecule has 3 heterocycles. The van der Waals surface area contributed by atoms with Crippen LogP contribution in [0.25, 0.3) is 22.2 Å². The second kappa shape index (κ2) is 11.4. The number of fused-ring (bicyclic) bond motifs is 1. The number of ether oxygens (including phenoxy) is 1. The largest absolute Gasteiger partial charge is 0.450 e. The number of aromatic nitrogens is 1. The van der Waals surface area contributed by atoms with Crippen LogP contribution in [0.5, 0.6) is 0 Å². The van der Waals surface area contributed by atoms with Crippen molar-refractivity contribution in [1.29, 1.82) is 0 Å². The molecule has 1 saturated heterocycles. The van der Waals surface area contributed by atoms with Gasteiger partial charge in [0.1, 0.15) is 5.58 Å². The lowest BCUT2D eigenvalue weighted by Crippen LogP contribution is -2.51. The minimum absolute atomic E-state index is 0.0779. The van der Waals surface area contributed by atoms with Gasteiger partial charge in [0.15, 0.2) is 5.13 Å². The van der Waals surface area contributed by atoms with Gasteiger partial charge in [0.2, 0.25) is 11.8 Å². The zero-order valence-corrected chi connectivity index (χ0v) is 20.7. The average molecular weight is 517 g/mol. The summed E-state index contributed by atoms with van der Waals surface area (Å²) in [7, 11) is 0. The van der Waals surface area contributed by atoms with Crippen molar-refractivity contribution in [3.8, 4) is 11.3 Å². The summed E-state index contributed by atoms with van der Waals surface area (Å²) in [6.45, 7) is 3.80. The number of thioether (sulfide) groups is 1. The number of piperazine rings is 1. The number of hydrogen-bond acceptors (Lipinski definition) is 9. The maximum atomic E-state index is 12.4. The third kappa shape index (κ3) is 6.20. The number of nitrogens with zero attached hydrogens (tertiary/aromatic N) is 3. The number of thiazole rings is 1. The van der Waals surface area contributed by atoms with E-state index < -0.39 is 5.63 Å². The van der Waals surface area contributed by atoms with Crippen LogP contribution in [0.4, 0.5) is 9.93 Å². The number of carbonyl (C=O) groups excluding carboxylic acids is 3. The quantitative estimate of drug-likeness (QED) is 0.476. The van der Waals surface area contributed by atoms with Crippen LogP contribution in [-0.2, 0) is 14.3 Å². The highest BCUT2D eigenvalue weighted by Gasteiger charge is 2.24. The van der Waals surface area contributed by atoms with Gasteiger partial charge in [0.25, 0.3) is 0 Å². The molecule has 3 aromatic rings. The number of rotatable bonds is 7. The number of benzene rings is 1. The van der Waals surface area contributed by atoms with Gasteiger partial charge in [-0.2, -0.15) is 0 Å². The van der Waals surface area contributed by atoms with Crippen molar-refractivity contribution in [2.45, 2.75) is 6.92 Å². The van der Waals surface area contributed by atoms with E-state index in [0.29, 0.717) is 54.8 Å². The van der Waals surface area contributed by atoms with Gasteiger partial charge in [-0.1, -0.05) is 18.2 Å². The van der Waals surface area contributed by atoms with Gasteiger partial charge in [-0.25, -0.2) is 14.6 Å². The summed E-state index contributed by atoms with van der Waals surface area (Å²) >= 11 is 2.41. The zero-order chi connectivity index (χ0) is 24.8. The fraction of sp³-hybridized carbons (Fsp3) is 0.348. The Hall–Kier alpha value is -3.38. The van der Waals surface area contributed by atoms with E-state index in [1.165, 1.54) is 23.1 Å². The van der Waals surface area contributed by atoms with Crippen LogP contribution in [0, 0.1) is 0 Å². The standard InChI is InChI=1S/C23H24N4O6S2/c1-2-32-23(31)27-9-7-26(8-10-27)20(29)14-34-13-19(28)25-22-24-17(12-35-22)16-11-15-5-3-4-6-18(15)33-21(16)30/h3-6,11-12H,2,7-10,13-14H2,1H3,(H,24,25,28). The lowest BCUT2D eigenvalue weighted by Gasteiger charge is -2.34. The minimum atomic E-state index is -0.496. The maximum Gasteiger partial charge on any atom is 0.409 e. The number of para-hydroxylation sites is 1. The Balaban J connectivity index is 1.24. The first-order valence-corrected chi connectivity index (χ1v) is 13.0. The smallest absolute Gasteiger partial charge is 0.409 e. The Morgan fingerprint density at radius 2 is 1.89 bits per heavy atom. The van der Waals surface area contributed by atoms with Crippen LogP contribution in [0.15, 0.2) is 44.9 Å². The highest BCUT2D eigenvalue weighted by Crippen LogP contribution is 2.25. The van der Waals surface area contributed by atoms with Gasteiger partial charge in [0, 0.05) is 36.9 Å². The van der Waals surface area contributed by atoms with E-state index in [4.69, 9.17) is 9.15 Å². The third-order valence-electron chi connectivity index (χ3n) is 5.28. The Labute approximate surface area is 209 Å². The van der Waals surface area contributed by atoms with Gasteiger partial charge in [-0.05, 0) is 19.1 Å². The monoisotopic (exact) mass is 516 g/mol. The van der Waals surface area contributed by atoms with E-state index in [2.05, 4.69) is 10.3 Å². The SMILES string of the molecule is CCOC(=O)N1CCN(C(=O)CSCC(=O)Nc2nc(-c3cc4ccccc4oc3=O)cs2)CC1. The summed E-state index contributed by atoms with van der Waals surface area (Å²) in [5, 5.41) is 5.53. The molecule has 0 atom stereocenters.